The maximum absolute atomic E-state index is 12.7. The molecule has 4 rings (SSSR count). The third kappa shape index (κ3) is 3.23. The van der Waals surface area contributed by atoms with E-state index in [0.717, 1.165) is 22.5 Å². The molecule has 0 aliphatic carbocycles. The molecule has 4 aromatic rings. The van der Waals surface area contributed by atoms with Crippen molar-refractivity contribution in [3.8, 4) is 11.9 Å². The number of nitrogens with one attached hydrogen (secondary N) is 1. The van der Waals surface area contributed by atoms with Gasteiger partial charge in [0.2, 0.25) is 0 Å². The zero-order chi connectivity index (χ0) is 18.8. The zero-order valence-electron chi connectivity index (χ0n) is 14.6. The number of nitrogens with zero attached hydrogens (tertiary/aromatic N) is 4. The Balaban J connectivity index is 1.79. The first kappa shape index (κ1) is 16.7. The summed E-state index contributed by atoms with van der Waals surface area (Å²) in [6.07, 6.45) is 0. The quantitative estimate of drug-likeness (QED) is 0.569. The van der Waals surface area contributed by atoms with Crippen LogP contribution in [0.3, 0.4) is 0 Å². The van der Waals surface area contributed by atoms with E-state index < -0.39 is 6.67 Å². The number of aryl methyl sites for hydroxylation is 1. The average Bonchev–Trinajstić information content (AvgIpc) is 3.04. The summed E-state index contributed by atoms with van der Waals surface area (Å²) in [6, 6.07) is 20.4. The number of rotatable bonds is 4. The summed E-state index contributed by atoms with van der Waals surface area (Å²) in [6.45, 7) is 1.41. The van der Waals surface area contributed by atoms with Crippen molar-refractivity contribution < 1.29 is 4.39 Å². The number of hydrogen-bond acceptors (Lipinski definition) is 4. The molecule has 27 heavy (non-hydrogen) atoms. The SMILES string of the molecule is Cc1nc2ccccc2n1-c1cc(C#N)cc(Nc2ccc(CF)cc2)n1. The van der Waals surface area contributed by atoms with Gasteiger partial charge >= 0.3 is 0 Å². The van der Waals surface area contributed by atoms with Gasteiger partial charge in [-0.25, -0.2) is 14.4 Å². The molecule has 132 valence electrons. The van der Waals surface area contributed by atoms with Crippen molar-refractivity contribution in [2.45, 2.75) is 13.6 Å². The minimum atomic E-state index is -0.500. The number of anilines is 2. The fraction of sp³-hybridized carbons (Fsp3) is 0.0952. The van der Waals surface area contributed by atoms with Crippen LogP contribution in [0.15, 0.2) is 60.7 Å². The highest BCUT2D eigenvalue weighted by Crippen LogP contribution is 2.24. The lowest BCUT2D eigenvalue weighted by atomic mass is 10.2. The Morgan fingerprint density at radius 2 is 1.85 bits per heavy atom. The van der Waals surface area contributed by atoms with Gasteiger partial charge in [0.15, 0.2) is 0 Å². The Morgan fingerprint density at radius 3 is 2.59 bits per heavy atom. The molecule has 2 aromatic carbocycles. The van der Waals surface area contributed by atoms with Gasteiger partial charge in [0.25, 0.3) is 0 Å². The highest BCUT2D eigenvalue weighted by Gasteiger charge is 2.12. The summed E-state index contributed by atoms with van der Waals surface area (Å²) in [5, 5.41) is 12.6. The smallest absolute Gasteiger partial charge is 0.142 e. The van der Waals surface area contributed by atoms with Crippen LogP contribution in [0.4, 0.5) is 15.9 Å². The van der Waals surface area contributed by atoms with E-state index in [2.05, 4.69) is 21.4 Å². The highest BCUT2D eigenvalue weighted by atomic mass is 19.1. The van der Waals surface area contributed by atoms with Gasteiger partial charge in [0.1, 0.15) is 24.1 Å². The molecule has 0 spiro atoms. The molecule has 0 bridgehead atoms. The zero-order valence-corrected chi connectivity index (χ0v) is 14.6. The van der Waals surface area contributed by atoms with Crippen LogP contribution >= 0.6 is 0 Å². The molecule has 0 radical (unpaired) electrons. The lowest BCUT2D eigenvalue weighted by molar-refractivity contribution is 0.485. The van der Waals surface area contributed by atoms with E-state index in [9.17, 15) is 9.65 Å². The predicted molar refractivity (Wildman–Crippen MR) is 103 cm³/mol. The lowest BCUT2D eigenvalue weighted by Crippen LogP contribution is -2.03. The second kappa shape index (κ2) is 6.89. The molecule has 0 saturated heterocycles. The first-order valence-electron chi connectivity index (χ1n) is 8.46. The predicted octanol–water partition coefficient (Wildman–Crippen LogP) is 4.81. The van der Waals surface area contributed by atoms with E-state index >= 15 is 0 Å². The molecule has 0 fully saturated rings. The third-order valence-electron chi connectivity index (χ3n) is 4.28. The van der Waals surface area contributed by atoms with Crippen molar-refractivity contribution in [2.75, 3.05) is 5.32 Å². The number of nitriles is 1. The van der Waals surface area contributed by atoms with Crippen molar-refractivity contribution in [2.24, 2.45) is 0 Å². The van der Waals surface area contributed by atoms with Crippen molar-refractivity contribution in [3.63, 3.8) is 0 Å². The number of para-hydroxylation sites is 2. The van der Waals surface area contributed by atoms with E-state index in [4.69, 9.17) is 0 Å². The minimum Gasteiger partial charge on any atom is -0.340 e. The second-order valence-corrected chi connectivity index (χ2v) is 6.15. The van der Waals surface area contributed by atoms with Crippen LogP contribution in [-0.4, -0.2) is 14.5 Å². The molecular formula is C21H16FN5. The lowest BCUT2D eigenvalue weighted by Gasteiger charge is -2.11. The Morgan fingerprint density at radius 1 is 1.07 bits per heavy atom. The molecule has 6 heteroatoms. The summed E-state index contributed by atoms with van der Waals surface area (Å²) in [4.78, 5) is 9.22. The van der Waals surface area contributed by atoms with Crippen LogP contribution in [0.2, 0.25) is 0 Å². The van der Waals surface area contributed by atoms with Gasteiger partial charge in [-0.15, -0.1) is 0 Å². The summed E-state index contributed by atoms with van der Waals surface area (Å²) in [5.74, 6) is 1.94. The molecule has 0 aliphatic rings. The third-order valence-corrected chi connectivity index (χ3v) is 4.28. The monoisotopic (exact) mass is 357 g/mol. The molecular weight excluding hydrogens is 341 g/mol. The van der Waals surface area contributed by atoms with Crippen molar-refractivity contribution in [1.29, 1.82) is 5.26 Å². The number of benzene rings is 2. The van der Waals surface area contributed by atoms with Crippen molar-refractivity contribution in [1.82, 2.24) is 14.5 Å². The summed E-state index contributed by atoms with van der Waals surface area (Å²) in [5.41, 5.74) is 3.67. The van der Waals surface area contributed by atoms with Gasteiger partial charge in [-0.2, -0.15) is 5.26 Å². The average molecular weight is 357 g/mol. The largest absolute Gasteiger partial charge is 0.340 e. The molecule has 0 amide bonds. The molecule has 2 aromatic heterocycles. The molecule has 0 saturated carbocycles. The molecule has 5 nitrogen and oxygen atoms in total. The van der Waals surface area contributed by atoms with Gasteiger partial charge in [0, 0.05) is 5.69 Å². The van der Waals surface area contributed by atoms with E-state index in [1.807, 2.05) is 35.8 Å². The fourth-order valence-electron chi connectivity index (χ4n) is 3.02. The Labute approximate surface area is 155 Å². The van der Waals surface area contributed by atoms with Crippen molar-refractivity contribution >= 4 is 22.5 Å². The van der Waals surface area contributed by atoms with Gasteiger partial charge < -0.3 is 5.32 Å². The number of imidazole rings is 1. The topological polar surface area (TPSA) is 66.5 Å². The molecule has 1 N–H and O–H groups in total. The number of hydrogen-bond donors (Lipinski definition) is 1. The van der Waals surface area contributed by atoms with E-state index in [1.165, 1.54) is 0 Å². The highest BCUT2D eigenvalue weighted by molar-refractivity contribution is 5.78. The standard InChI is InChI=1S/C21H16FN5/c1-14-24-18-4-2-3-5-19(18)27(14)21-11-16(13-23)10-20(26-21)25-17-8-6-15(12-22)7-9-17/h2-11H,12H2,1H3,(H,25,26). The van der Waals surface area contributed by atoms with E-state index in [-0.39, 0.29) is 0 Å². The summed E-state index contributed by atoms with van der Waals surface area (Å²) >= 11 is 0. The van der Waals surface area contributed by atoms with Crippen LogP contribution in [0.5, 0.6) is 0 Å². The number of aromatic nitrogens is 3. The van der Waals surface area contributed by atoms with Gasteiger partial charge in [-0.3, -0.25) is 4.57 Å². The van der Waals surface area contributed by atoms with Crippen molar-refractivity contribution in [3.05, 3.63) is 77.6 Å². The van der Waals surface area contributed by atoms with Crippen LogP contribution in [-0.2, 0) is 6.67 Å². The first-order valence-corrected chi connectivity index (χ1v) is 8.46. The Kier molecular flexibility index (Phi) is 4.27. The van der Waals surface area contributed by atoms with E-state index in [0.29, 0.717) is 22.8 Å². The van der Waals surface area contributed by atoms with Gasteiger partial charge in [-0.1, -0.05) is 24.3 Å². The minimum absolute atomic E-state index is 0.486. The van der Waals surface area contributed by atoms with Crippen LogP contribution in [0.1, 0.15) is 17.0 Å². The molecule has 0 unspecified atom stereocenters. The number of pyridine rings is 1. The first-order chi connectivity index (χ1) is 13.2. The molecule has 2 heterocycles. The number of fused-ring (bicyclic) bond motifs is 1. The summed E-state index contributed by atoms with van der Waals surface area (Å²) in [7, 11) is 0. The van der Waals surface area contributed by atoms with Gasteiger partial charge in [-0.05, 0) is 48.9 Å². The molecule has 0 atom stereocenters. The number of halogens is 1. The maximum Gasteiger partial charge on any atom is 0.142 e. The van der Waals surface area contributed by atoms with Gasteiger partial charge in [0.05, 0.1) is 22.7 Å². The van der Waals surface area contributed by atoms with E-state index in [1.54, 1.807) is 36.4 Å². The fourth-order valence-corrected chi connectivity index (χ4v) is 3.02. The Bertz CT molecular complexity index is 1160. The second-order valence-electron chi connectivity index (χ2n) is 6.15. The van der Waals surface area contributed by atoms with Crippen LogP contribution in [0, 0.1) is 18.3 Å². The summed E-state index contributed by atoms with van der Waals surface area (Å²) < 4.78 is 14.6. The normalized spacial score (nSPS) is 10.7. The Hall–Kier alpha value is -3.72. The van der Waals surface area contributed by atoms with Crippen LogP contribution in [0.25, 0.3) is 16.9 Å². The van der Waals surface area contributed by atoms with Crippen LogP contribution < -0.4 is 5.32 Å². The molecule has 0 aliphatic heterocycles. The maximum atomic E-state index is 12.7. The number of alkyl halides is 1.